The predicted molar refractivity (Wildman–Crippen MR) is 111 cm³/mol. The molecule has 0 unspecified atom stereocenters. The van der Waals surface area contributed by atoms with E-state index >= 15 is 0 Å². The zero-order valence-electron chi connectivity index (χ0n) is 17.1. The van der Waals surface area contributed by atoms with Gasteiger partial charge in [-0.2, -0.15) is 8.78 Å². The van der Waals surface area contributed by atoms with Crippen molar-refractivity contribution in [2.75, 3.05) is 11.4 Å². The summed E-state index contributed by atoms with van der Waals surface area (Å²) in [6.07, 6.45) is 5.12. The third kappa shape index (κ3) is 4.00. The van der Waals surface area contributed by atoms with Gasteiger partial charge < -0.3 is 14.6 Å². The van der Waals surface area contributed by atoms with Gasteiger partial charge in [-0.1, -0.05) is 25.3 Å². The van der Waals surface area contributed by atoms with Gasteiger partial charge in [-0.15, -0.1) is 0 Å². The highest BCUT2D eigenvalue weighted by molar-refractivity contribution is 6.06. The molecule has 1 heterocycles. The number of aromatic nitrogens is 2. The van der Waals surface area contributed by atoms with Gasteiger partial charge in [-0.25, -0.2) is 4.98 Å². The number of carbonyl (C=O) groups is 1. The minimum atomic E-state index is -2.81. The van der Waals surface area contributed by atoms with Gasteiger partial charge in [0, 0.05) is 37.9 Å². The van der Waals surface area contributed by atoms with Crippen molar-refractivity contribution >= 4 is 11.6 Å². The van der Waals surface area contributed by atoms with Crippen LogP contribution >= 0.6 is 0 Å². The Balaban J connectivity index is 1.97. The lowest BCUT2D eigenvalue weighted by Crippen LogP contribution is -2.49. The number of imidazole rings is 1. The van der Waals surface area contributed by atoms with Crippen LogP contribution in [-0.4, -0.2) is 34.7 Å². The van der Waals surface area contributed by atoms with Crippen molar-refractivity contribution in [3.63, 3.8) is 0 Å². The predicted octanol–water partition coefficient (Wildman–Crippen LogP) is 3.71. The SMILES string of the molecule is C=CN(C(=O)C(=C)NCC)c1cccc(C2(c3nccn3C)CC(OC(F)F)C2)c1. The van der Waals surface area contributed by atoms with Crippen LogP contribution in [-0.2, 0) is 22.0 Å². The first kappa shape index (κ1) is 21.7. The first-order chi connectivity index (χ1) is 14.3. The molecule has 3 rings (SSSR count). The van der Waals surface area contributed by atoms with Crippen LogP contribution in [0.2, 0.25) is 0 Å². The molecule has 0 bridgehead atoms. The second-order valence-corrected chi connectivity index (χ2v) is 7.29. The molecular weight excluding hydrogens is 390 g/mol. The van der Waals surface area contributed by atoms with Crippen molar-refractivity contribution < 1.29 is 18.3 Å². The van der Waals surface area contributed by atoms with Crippen LogP contribution < -0.4 is 10.2 Å². The molecule has 1 aromatic carbocycles. The number of hydrogen-bond donors (Lipinski definition) is 1. The Bertz CT molecular complexity index is 935. The lowest BCUT2D eigenvalue weighted by atomic mass is 9.62. The number of alkyl halides is 2. The summed E-state index contributed by atoms with van der Waals surface area (Å²) < 4.78 is 32.0. The summed E-state index contributed by atoms with van der Waals surface area (Å²) in [7, 11) is 1.87. The van der Waals surface area contributed by atoms with Crippen LogP contribution in [0.25, 0.3) is 0 Å². The number of nitrogens with one attached hydrogen (secondary N) is 1. The average molecular weight is 416 g/mol. The minimum Gasteiger partial charge on any atom is -0.381 e. The molecule has 0 radical (unpaired) electrons. The number of halogens is 2. The highest BCUT2D eigenvalue weighted by Crippen LogP contribution is 2.50. The Morgan fingerprint density at radius 3 is 2.80 bits per heavy atom. The number of ether oxygens (including phenoxy) is 1. The van der Waals surface area contributed by atoms with E-state index in [-0.39, 0.29) is 11.6 Å². The van der Waals surface area contributed by atoms with Gasteiger partial charge >= 0.3 is 6.61 Å². The van der Waals surface area contributed by atoms with E-state index in [1.165, 1.54) is 11.1 Å². The first-order valence-electron chi connectivity index (χ1n) is 9.73. The number of likely N-dealkylation sites (N-methyl/N-ethyl adjacent to an activating group) is 1. The number of benzene rings is 1. The van der Waals surface area contributed by atoms with E-state index in [1.807, 2.05) is 42.9 Å². The summed E-state index contributed by atoms with van der Waals surface area (Å²) in [6.45, 7) is 7.17. The van der Waals surface area contributed by atoms with Crippen molar-refractivity contribution in [3.8, 4) is 0 Å². The summed E-state index contributed by atoms with van der Waals surface area (Å²) in [4.78, 5) is 18.6. The van der Waals surface area contributed by atoms with Gasteiger partial charge in [0.15, 0.2) is 0 Å². The van der Waals surface area contributed by atoms with Gasteiger partial charge in [0.05, 0.1) is 17.2 Å². The van der Waals surface area contributed by atoms with E-state index in [2.05, 4.69) is 23.5 Å². The third-order valence-electron chi connectivity index (χ3n) is 5.42. The van der Waals surface area contributed by atoms with Crippen LogP contribution in [0, 0.1) is 0 Å². The van der Waals surface area contributed by atoms with E-state index in [0.717, 1.165) is 11.4 Å². The summed E-state index contributed by atoms with van der Waals surface area (Å²) in [5.74, 6) is 0.449. The Morgan fingerprint density at radius 1 is 1.50 bits per heavy atom. The van der Waals surface area contributed by atoms with E-state index in [4.69, 9.17) is 4.74 Å². The van der Waals surface area contributed by atoms with Gasteiger partial charge in [0.2, 0.25) is 0 Å². The first-order valence-corrected chi connectivity index (χ1v) is 9.73. The van der Waals surface area contributed by atoms with Crippen LogP contribution in [0.3, 0.4) is 0 Å². The van der Waals surface area contributed by atoms with Crippen molar-refractivity contribution in [1.29, 1.82) is 0 Å². The lowest BCUT2D eigenvalue weighted by molar-refractivity contribution is -0.192. The van der Waals surface area contributed by atoms with E-state index in [1.54, 1.807) is 12.3 Å². The van der Waals surface area contributed by atoms with Crippen LogP contribution in [0.4, 0.5) is 14.5 Å². The molecule has 0 aliphatic heterocycles. The van der Waals surface area contributed by atoms with Crippen molar-refractivity contribution in [3.05, 3.63) is 73.1 Å². The molecule has 0 saturated heterocycles. The van der Waals surface area contributed by atoms with Gasteiger partial charge in [-0.3, -0.25) is 9.69 Å². The third-order valence-corrected chi connectivity index (χ3v) is 5.42. The number of rotatable bonds is 9. The number of aryl methyl sites for hydroxylation is 1. The molecule has 1 amide bonds. The molecule has 1 saturated carbocycles. The highest BCUT2D eigenvalue weighted by Gasteiger charge is 2.51. The van der Waals surface area contributed by atoms with E-state index < -0.39 is 18.1 Å². The summed E-state index contributed by atoms with van der Waals surface area (Å²) in [5.41, 5.74) is 1.16. The molecule has 1 aliphatic carbocycles. The maximum atomic E-state index is 12.7. The van der Waals surface area contributed by atoms with Gasteiger partial charge in [-0.05, 0) is 37.5 Å². The molecule has 6 nitrogen and oxygen atoms in total. The fourth-order valence-corrected chi connectivity index (χ4v) is 4.03. The highest BCUT2D eigenvalue weighted by atomic mass is 19.3. The number of amides is 1. The number of anilines is 1. The molecule has 1 N–H and O–H groups in total. The number of carbonyl (C=O) groups excluding carboxylic acids is 1. The molecule has 1 aliphatic rings. The Labute approximate surface area is 174 Å². The molecule has 160 valence electrons. The fourth-order valence-electron chi connectivity index (χ4n) is 4.03. The van der Waals surface area contributed by atoms with Crippen LogP contribution in [0.5, 0.6) is 0 Å². The van der Waals surface area contributed by atoms with Crippen LogP contribution in [0.1, 0.15) is 31.2 Å². The molecule has 1 aromatic heterocycles. The normalized spacial score (nSPS) is 20.5. The topological polar surface area (TPSA) is 59.4 Å². The van der Waals surface area contributed by atoms with Crippen molar-refractivity contribution in [2.45, 2.75) is 37.9 Å². The maximum Gasteiger partial charge on any atom is 0.345 e. The second kappa shape index (κ2) is 8.79. The van der Waals surface area contributed by atoms with Crippen molar-refractivity contribution in [1.82, 2.24) is 14.9 Å². The average Bonchev–Trinajstić information content (AvgIpc) is 3.11. The number of hydrogen-bond acceptors (Lipinski definition) is 4. The molecule has 0 spiro atoms. The lowest BCUT2D eigenvalue weighted by Gasteiger charge is -2.47. The van der Waals surface area contributed by atoms with Crippen LogP contribution in [0.15, 0.2) is 61.7 Å². The molecular formula is C22H26F2N4O2. The fraction of sp³-hybridized carbons (Fsp3) is 0.364. The molecule has 1 fully saturated rings. The Hall–Kier alpha value is -3.00. The molecule has 30 heavy (non-hydrogen) atoms. The Morgan fingerprint density at radius 2 is 2.23 bits per heavy atom. The summed E-state index contributed by atoms with van der Waals surface area (Å²) >= 11 is 0. The summed E-state index contributed by atoms with van der Waals surface area (Å²) in [6, 6.07) is 7.41. The zero-order valence-corrected chi connectivity index (χ0v) is 17.1. The maximum absolute atomic E-state index is 12.7. The van der Waals surface area contributed by atoms with E-state index in [9.17, 15) is 13.6 Å². The van der Waals surface area contributed by atoms with E-state index in [0.29, 0.717) is 25.1 Å². The Kier molecular flexibility index (Phi) is 6.36. The minimum absolute atomic E-state index is 0.260. The van der Waals surface area contributed by atoms with Crippen molar-refractivity contribution in [2.24, 2.45) is 7.05 Å². The smallest absolute Gasteiger partial charge is 0.345 e. The monoisotopic (exact) mass is 416 g/mol. The van der Waals surface area contributed by atoms with Gasteiger partial charge in [0.25, 0.3) is 5.91 Å². The molecule has 2 aromatic rings. The standard InChI is InChI=1S/C22H26F2N4O2/c1-5-25-15(3)19(29)28(6-2)17-9-7-8-16(12-17)22(20-26-10-11-27(20)4)13-18(14-22)30-21(23)24/h6-12,18,21,25H,2-3,5,13-14H2,1,4H3. The van der Waals surface area contributed by atoms with Gasteiger partial charge in [0.1, 0.15) is 5.82 Å². The second-order valence-electron chi connectivity index (χ2n) is 7.29. The quantitative estimate of drug-likeness (QED) is 0.633. The largest absolute Gasteiger partial charge is 0.381 e. The molecule has 8 heteroatoms. The number of nitrogens with zero attached hydrogens (tertiary/aromatic N) is 3. The zero-order chi connectivity index (χ0) is 21.9. The summed E-state index contributed by atoms with van der Waals surface area (Å²) in [5, 5.41) is 2.92. The molecule has 0 atom stereocenters.